The molecule has 5 rings (SSSR count). The predicted molar refractivity (Wildman–Crippen MR) is 134 cm³/mol. The van der Waals surface area contributed by atoms with E-state index in [0.717, 1.165) is 31.3 Å². The van der Waals surface area contributed by atoms with Gasteiger partial charge in [0.1, 0.15) is 11.2 Å². The van der Waals surface area contributed by atoms with E-state index in [9.17, 15) is 9.59 Å². The molecule has 4 saturated carbocycles. The molecule has 8 heteroatoms. The van der Waals surface area contributed by atoms with Crippen molar-refractivity contribution in [1.82, 2.24) is 0 Å². The van der Waals surface area contributed by atoms with Gasteiger partial charge in [-0.15, -0.1) is 0 Å². The van der Waals surface area contributed by atoms with Crippen LogP contribution in [0.4, 0.5) is 0 Å². The van der Waals surface area contributed by atoms with Crippen LogP contribution in [-0.4, -0.2) is 53.0 Å². The second kappa shape index (κ2) is 7.08. The summed E-state index contributed by atoms with van der Waals surface area (Å²) < 4.78 is 25.9. The number of hydrogen-bond donors (Lipinski definition) is 0. The first-order valence-electron chi connectivity index (χ1n) is 12.9. The lowest BCUT2D eigenvalue weighted by Gasteiger charge is -2.53. The highest BCUT2D eigenvalue weighted by Crippen LogP contribution is 2.79. The second-order valence-corrected chi connectivity index (χ2v) is 22.8. The minimum atomic E-state index is -1.98. The topological polar surface area (TPSA) is 71.1 Å². The summed E-state index contributed by atoms with van der Waals surface area (Å²) in [5, 5.41) is 0. The number of methoxy groups -OCH3 is 1. The van der Waals surface area contributed by atoms with Crippen molar-refractivity contribution < 1.29 is 27.9 Å². The second-order valence-electron chi connectivity index (χ2n) is 13.9. The van der Waals surface area contributed by atoms with Crippen LogP contribution < -0.4 is 0 Å². The van der Waals surface area contributed by atoms with Gasteiger partial charge in [-0.1, -0.05) is 6.58 Å². The first-order chi connectivity index (χ1) is 15.5. The Morgan fingerprint density at radius 1 is 1.12 bits per heavy atom. The maximum absolute atomic E-state index is 13.6. The summed E-state index contributed by atoms with van der Waals surface area (Å²) in [7, 11) is -2.44. The van der Waals surface area contributed by atoms with Crippen LogP contribution in [0.25, 0.3) is 0 Å². The fraction of sp³-hybridized carbons (Fsp3) is 0.846. The van der Waals surface area contributed by atoms with Crippen LogP contribution in [0, 0.1) is 28.6 Å². The van der Waals surface area contributed by atoms with Gasteiger partial charge in [-0.05, 0) is 95.7 Å². The summed E-state index contributed by atoms with van der Waals surface area (Å²) in [6, 6.07) is 0. The zero-order valence-corrected chi connectivity index (χ0v) is 24.2. The Labute approximate surface area is 206 Å². The number of rotatable bonds is 5. The van der Waals surface area contributed by atoms with Gasteiger partial charge in [0.15, 0.2) is 16.6 Å². The highest BCUT2D eigenvalue weighted by atomic mass is 28.4. The third kappa shape index (κ3) is 3.04. The largest absolute Gasteiger partial charge is 0.469 e. The fourth-order valence-corrected chi connectivity index (χ4v) is 11.6. The van der Waals surface area contributed by atoms with Crippen molar-refractivity contribution >= 4 is 28.6 Å². The number of carbonyl (C=O) groups is 2. The van der Waals surface area contributed by atoms with E-state index in [4.69, 9.17) is 18.3 Å². The normalized spacial score (nSPS) is 47.3. The van der Waals surface area contributed by atoms with Crippen LogP contribution in [0.3, 0.4) is 0 Å². The number of carbonyl (C=O) groups excluding carboxylic acids is 2. The molecule has 0 N–H and O–H groups in total. The van der Waals surface area contributed by atoms with Crippen molar-refractivity contribution in [2.24, 2.45) is 28.6 Å². The molecule has 0 aromatic rings. The molecule has 4 aliphatic carbocycles. The smallest absolute Gasteiger partial charge is 0.312 e. The summed E-state index contributed by atoms with van der Waals surface area (Å²) in [6.45, 7) is 19.9. The Hall–Kier alpha value is -0.966. The zero-order valence-electron chi connectivity index (χ0n) is 22.2. The molecule has 1 heterocycles. The Morgan fingerprint density at radius 3 is 2.38 bits per heavy atom. The molecule has 6 nitrogen and oxygen atoms in total. The Morgan fingerprint density at radius 2 is 1.79 bits per heavy atom. The van der Waals surface area contributed by atoms with E-state index in [1.54, 1.807) is 0 Å². The minimum absolute atomic E-state index is 0.0409. The summed E-state index contributed by atoms with van der Waals surface area (Å²) in [5.41, 5.74) is -1.19. The van der Waals surface area contributed by atoms with Crippen molar-refractivity contribution in [1.29, 1.82) is 0 Å². The van der Waals surface area contributed by atoms with E-state index in [1.807, 2.05) is 6.92 Å². The summed E-state index contributed by atoms with van der Waals surface area (Å²) >= 11 is 0. The molecule has 5 fully saturated rings. The van der Waals surface area contributed by atoms with Crippen LogP contribution in [0.15, 0.2) is 12.2 Å². The van der Waals surface area contributed by atoms with Crippen LogP contribution in [0.2, 0.25) is 39.3 Å². The molecule has 4 bridgehead atoms. The number of fused-ring (bicyclic) bond motifs is 1. The SMILES string of the molecule is C=C1C[C@]23C[C@@]1(O[Si](C)(C)C)[C@@H](O[Si](C)(C)C)CC2[C@@]12CCCC(C)(C(=O)O1)C2[C@@H]3C(=O)OC. The summed E-state index contributed by atoms with van der Waals surface area (Å²) in [5.74, 6) is -0.854. The van der Waals surface area contributed by atoms with Crippen molar-refractivity contribution in [3.63, 3.8) is 0 Å². The van der Waals surface area contributed by atoms with E-state index in [2.05, 4.69) is 45.9 Å². The van der Waals surface area contributed by atoms with Crippen LogP contribution in [0.1, 0.15) is 45.4 Å². The highest BCUT2D eigenvalue weighted by molar-refractivity contribution is 6.70. The number of ether oxygens (including phenoxy) is 2. The molecule has 1 aliphatic heterocycles. The standard InChI is InChI=1S/C26H42O6Si2/c1-16-14-24-15-26(16,32-34(7,8)9)18(31-33(4,5)6)13-17(24)25-12-10-11-23(2,22(28)30-25)20(25)19(24)21(27)29-3/h17-20H,1,10-15H2,2-9H3/t17?,18-,19+,20?,23?,24-,25+,26-/m0/s1. The molecule has 5 aliphatic rings. The third-order valence-electron chi connectivity index (χ3n) is 9.60. The van der Waals surface area contributed by atoms with E-state index in [0.29, 0.717) is 12.8 Å². The van der Waals surface area contributed by atoms with Gasteiger partial charge in [-0.25, -0.2) is 0 Å². The molecular formula is C26H42O6Si2. The first kappa shape index (κ1) is 24.7. The van der Waals surface area contributed by atoms with Crippen molar-refractivity contribution in [3.8, 4) is 0 Å². The van der Waals surface area contributed by atoms with Crippen molar-refractivity contribution in [2.75, 3.05) is 7.11 Å². The van der Waals surface area contributed by atoms with E-state index < -0.39 is 39.2 Å². The van der Waals surface area contributed by atoms with E-state index in [1.165, 1.54) is 7.11 Å². The molecule has 34 heavy (non-hydrogen) atoms. The maximum Gasteiger partial charge on any atom is 0.312 e. The molecule has 0 aromatic carbocycles. The van der Waals surface area contributed by atoms with Gasteiger partial charge in [0.2, 0.25) is 0 Å². The molecule has 3 unspecified atom stereocenters. The highest BCUT2D eigenvalue weighted by Gasteiger charge is 2.84. The number of hydrogen-bond acceptors (Lipinski definition) is 6. The fourth-order valence-electron chi connectivity index (χ4n) is 9.02. The lowest BCUT2D eigenvalue weighted by atomic mass is 9.60. The van der Waals surface area contributed by atoms with Gasteiger partial charge < -0.3 is 18.3 Å². The van der Waals surface area contributed by atoms with Crippen molar-refractivity contribution in [2.45, 2.75) is 102 Å². The van der Waals surface area contributed by atoms with Crippen LogP contribution in [-0.2, 0) is 27.9 Å². The van der Waals surface area contributed by atoms with E-state index in [-0.39, 0.29) is 35.3 Å². The van der Waals surface area contributed by atoms with Crippen molar-refractivity contribution in [3.05, 3.63) is 12.2 Å². The molecule has 1 saturated heterocycles. The molecule has 8 atom stereocenters. The minimum Gasteiger partial charge on any atom is -0.469 e. The summed E-state index contributed by atoms with van der Waals surface area (Å²) in [6.07, 6.45) is 4.52. The van der Waals surface area contributed by atoms with Crippen LogP contribution in [0.5, 0.6) is 0 Å². The average Bonchev–Trinajstić information content (AvgIpc) is 3.10. The van der Waals surface area contributed by atoms with Gasteiger partial charge in [0.25, 0.3) is 0 Å². The molecule has 0 aromatic heterocycles. The zero-order chi connectivity index (χ0) is 25.1. The van der Waals surface area contributed by atoms with Gasteiger partial charge in [-0.2, -0.15) is 0 Å². The Balaban J connectivity index is 1.71. The third-order valence-corrected chi connectivity index (χ3v) is 11.6. The summed E-state index contributed by atoms with van der Waals surface area (Å²) in [4.78, 5) is 26.9. The average molecular weight is 507 g/mol. The lowest BCUT2D eigenvalue weighted by molar-refractivity contribution is -0.169. The quantitative estimate of drug-likeness (QED) is 0.295. The predicted octanol–water partition coefficient (Wildman–Crippen LogP) is 5.06. The molecule has 0 amide bonds. The molecule has 0 radical (unpaired) electrons. The van der Waals surface area contributed by atoms with Gasteiger partial charge >= 0.3 is 11.9 Å². The Bertz CT molecular complexity index is 952. The van der Waals surface area contributed by atoms with Crippen LogP contribution >= 0.6 is 0 Å². The van der Waals surface area contributed by atoms with Gasteiger partial charge in [0, 0.05) is 11.8 Å². The van der Waals surface area contributed by atoms with Gasteiger partial charge in [-0.3, -0.25) is 9.59 Å². The molecule has 190 valence electrons. The number of esters is 2. The first-order valence-corrected chi connectivity index (χ1v) is 19.7. The monoisotopic (exact) mass is 506 g/mol. The van der Waals surface area contributed by atoms with Gasteiger partial charge in [0.05, 0.1) is 24.5 Å². The maximum atomic E-state index is 13.6. The van der Waals surface area contributed by atoms with E-state index >= 15 is 0 Å². The molecule has 1 spiro atoms. The lowest BCUT2D eigenvalue weighted by Crippen LogP contribution is -2.60. The molecular weight excluding hydrogens is 464 g/mol. The Kier molecular flexibility index (Phi) is 5.14.